The van der Waals surface area contributed by atoms with Crippen LogP contribution < -0.4 is 24.4 Å². The molecule has 0 bridgehead atoms. The Morgan fingerprint density at radius 3 is 2.24 bits per heavy atom. The first-order valence-corrected chi connectivity index (χ1v) is 12.4. The number of guanidine groups is 1. The molecule has 2 atom stereocenters. The number of benzene rings is 2. The Hall–Kier alpha value is -3.66. The molecule has 0 saturated carbocycles. The van der Waals surface area contributed by atoms with Crippen LogP contribution in [0.3, 0.4) is 0 Å². The van der Waals surface area contributed by atoms with E-state index >= 15 is 0 Å². The number of rotatable bonds is 7. The van der Waals surface area contributed by atoms with Crippen molar-refractivity contribution in [1.29, 1.82) is 0 Å². The SMILES string of the molecule is CCOC(=O)[C@@H]1C(=O)NC(N2CCN(c3cccc(Cl)c3)CC2)=N[C@H]1c1cc(OC)c(OC)c(OC)c1. The largest absolute Gasteiger partial charge is 0.493 e. The monoisotopic (exact) mass is 530 g/mol. The zero-order chi connectivity index (χ0) is 26.5. The van der Waals surface area contributed by atoms with Gasteiger partial charge >= 0.3 is 5.97 Å². The number of aliphatic imine (C=N–C) groups is 1. The first-order valence-electron chi connectivity index (χ1n) is 12.0. The molecular formula is C26H31ClN4O6. The minimum atomic E-state index is -1.17. The summed E-state index contributed by atoms with van der Waals surface area (Å²) in [5.41, 5.74) is 1.61. The molecule has 0 unspecified atom stereocenters. The predicted octanol–water partition coefficient (Wildman–Crippen LogP) is 2.89. The Bertz CT molecular complexity index is 1160. The van der Waals surface area contributed by atoms with Crippen molar-refractivity contribution in [3.8, 4) is 17.2 Å². The highest BCUT2D eigenvalue weighted by Gasteiger charge is 2.43. The van der Waals surface area contributed by atoms with Gasteiger partial charge in [0.1, 0.15) is 6.04 Å². The number of ether oxygens (including phenoxy) is 4. The van der Waals surface area contributed by atoms with Crippen LogP contribution in [0.4, 0.5) is 5.69 Å². The number of hydrogen-bond acceptors (Lipinski definition) is 9. The smallest absolute Gasteiger partial charge is 0.321 e. The normalized spacial score (nSPS) is 19.6. The third kappa shape index (κ3) is 5.53. The highest BCUT2D eigenvalue weighted by Crippen LogP contribution is 2.42. The summed E-state index contributed by atoms with van der Waals surface area (Å²) in [5, 5.41) is 3.51. The van der Waals surface area contributed by atoms with Crippen molar-refractivity contribution in [1.82, 2.24) is 10.2 Å². The van der Waals surface area contributed by atoms with Crippen LogP contribution in [0, 0.1) is 5.92 Å². The van der Waals surface area contributed by atoms with Crippen molar-refractivity contribution >= 4 is 35.1 Å². The van der Waals surface area contributed by atoms with E-state index in [4.69, 9.17) is 35.5 Å². The predicted molar refractivity (Wildman–Crippen MR) is 140 cm³/mol. The molecular weight excluding hydrogens is 500 g/mol. The van der Waals surface area contributed by atoms with Gasteiger partial charge in [-0.15, -0.1) is 0 Å². The lowest BCUT2D eigenvalue weighted by Crippen LogP contribution is -2.57. The third-order valence-corrected chi connectivity index (χ3v) is 6.65. The summed E-state index contributed by atoms with van der Waals surface area (Å²) >= 11 is 6.16. The molecule has 11 heteroatoms. The molecule has 4 rings (SSSR count). The first-order chi connectivity index (χ1) is 17.9. The van der Waals surface area contributed by atoms with Crippen LogP contribution in [0.15, 0.2) is 41.4 Å². The number of esters is 1. The molecule has 0 aliphatic carbocycles. The van der Waals surface area contributed by atoms with Crippen LogP contribution in [0.1, 0.15) is 18.5 Å². The highest BCUT2D eigenvalue weighted by atomic mass is 35.5. The number of piperazine rings is 1. The zero-order valence-corrected chi connectivity index (χ0v) is 22.1. The van der Waals surface area contributed by atoms with E-state index in [9.17, 15) is 9.59 Å². The van der Waals surface area contributed by atoms with E-state index in [0.717, 1.165) is 5.69 Å². The van der Waals surface area contributed by atoms with Gasteiger partial charge in [0.25, 0.3) is 0 Å². The van der Waals surface area contributed by atoms with Crippen molar-refractivity contribution in [3.05, 3.63) is 47.0 Å². The lowest BCUT2D eigenvalue weighted by molar-refractivity contribution is -0.153. The molecule has 0 spiro atoms. The second-order valence-electron chi connectivity index (χ2n) is 8.53. The average molecular weight is 531 g/mol. The molecule has 37 heavy (non-hydrogen) atoms. The number of carbonyl (C=O) groups is 2. The molecule has 2 aromatic rings. The molecule has 2 aromatic carbocycles. The Kier molecular flexibility index (Phi) is 8.27. The molecule has 0 aromatic heterocycles. The van der Waals surface area contributed by atoms with Gasteiger partial charge in [-0.25, -0.2) is 4.99 Å². The summed E-state index contributed by atoms with van der Waals surface area (Å²) in [7, 11) is 4.52. The molecule has 1 fully saturated rings. The lowest BCUT2D eigenvalue weighted by atomic mass is 9.90. The van der Waals surface area contributed by atoms with E-state index in [-0.39, 0.29) is 6.61 Å². The fourth-order valence-electron chi connectivity index (χ4n) is 4.59. The third-order valence-electron chi connectivity index (χ3n) is 6.42. The standard InChI is InChI=1S/C26H31ClN4O6/c1-5-37-25(33)21-22(16-13-19(34-2)23(36-4)20(14-16)35-3)28-26(29-24(21)32)31-11-9-30(10-12-31)18-8-6-7-17(27)15-18/h6-8,13-15,21-22H,5,9-12H2,1-4H3,(H,28,29,32)/t21-,22-/m0/s1. The lowest BCUT2D eigenvalue weighted by Gasteiger charge is -2.39. The van der Waals surface area contributed by atoms with E-state index in [1.165, 1.54) is 21.3 Å². The topological polar surface area (TPSA) is 102 Å². The number of methoxy groups -OCH3 is 3. The van der Waals surface area contributed by atoms with Crippen LogP contribution in [-0.4, -0.2) is 76.9 Å². The Morgan fingerprint density at radius 1 is 1.03 bits per heavy atom. The molecule has 2 aliphatic heterocycles. The minimum absolute atomic E-state index is 0.145. The van der Waals surface area contributed by atoms with Crippen molar-refractivity contribution in [2.45, 2.75) is 13.0 Å². The van der Waals surface area contributed by atoms with Crippen LogP contribution in [0.2, 0.25) is 5.02 Å². The highest BCUT2D eigenvalue weighted by molar-refractivity contribution is 6.30. The van der Waals surface area contributed by atoms with Crippen molar-refractivity contribution in [3.63, 3.8) is 0 Å². The number of hydrogen-bond donors (Lipinski definition) is 1. The van der Waals surface area contributed by atoms with Crippen LogP contribution >= 0.6 is 11.6 Å². The van der Waals surface area contributed by atoms with Crippen LogP contribution in [-0.2, 0) is 14.3 Å². The van der Waals surface area contributed by atoms with Gasteiger partial charge in [-0.05, 0) is 42.8 Å². The van der Waals surface area contributed by atoms with Gasteiger partial charge in [-0.3, -0.25) is 14.9 Å². The van der Waals surface area contributed by atoms with E-state index in [1.807, 2.05) is 29.2 Å². The van der Waals surface area contributed by atoms with Crippen LogP contribution in [0.25, 0.3) is 0 Å². The summed E-state index contributed by atoms with van der Waals surface area (Å²) in [6.45, 7) is 4.51. The number of halogens is 1. The Morgan fingerprint density at radius 2 is 1.68 bits per heavy atom. The van der Waals surface area contributed by atoms with Gasteiger partial charge in [-0.1, -0.05) is 17.7 Å². The summed E-state index contributed by atoms with van der Waals surface area (Å²) in [6, 6.07) is 10.3. The quantitative estimate of drug-likeness (QED) is 0.431. The summed E-state index contributed by atoms with van der Waals surface area (Å²) in [5.74, 6) is -0.668. The number of carbonyl (C=O) groups excluding carboxylic acids is 2. The molecule has 2 heterocycles. The maximum atomic E-state index is 13.3. The van der Waals surface area contributed by atoms with Crippen molar-refractivity contribution in [2.24, 2.45) is 10.9 Å². The van der Waals surface area contributed by atoms with Gasteiger partial charge in [0.05, 0.1) is 27.9 Å². The molecule has 0 radical (unpaired) electrons. The maximum Gasteiger partial charge on any atom is 0.321 e. The van der Waals surface area contributed by atoms with E-state index in [2.05, 4.69) is 10.2 Å². The van der Waals surface area contributed by atoms with Crippen molar-refractivity contribution in [2.75, 3.05) is 59.0 Å². The van der Waals surface area contributed by atoms with E-state index in [1.54, 1.807) is 19.1 Å². The second kappa shape index (κ2) is 11.6. The molecule has 1 amide bonds. The Labute approximate surface area is 221 Å². The van der Waals surface area contributed by atoms with Gasteiger partial charge < -0.3 is 28.7 Å². The number of amides is 1. The van der Waals surface area contributed by atoms with E-state index in [0.29, 0.717) is 60.0 Å². The number of anilines is 1. The maximum absolute atomic E-state index is 13.3. The van der Waals surface area contributed by atoms with Gasteiger partial charge in [-0.2, -0.15) is 0 Å². The fourth-order valence-corrected chi connectivity index (χ4v) is 4.77. The van der Waals surface area contributed by atoms with Gasteiger partial charge in [0, 0.05) is 36.9 Å². The van der Waals surface area contributed by atoms with E-state index < -0.39 is 23.8 Å². The summed E-state index contributed by atoms with van der Waals surface area (Å²) < 4.78 is 21.6. The Balaban J connectivity index is 1.66. The molecule has 1 N–H and O–H groups in total. The minimum Gasteiger partial charge on any atom is -0.493 e. The summed E-state index contributed by atoms with van der Waals surface area (Å²) in [6.07, 6.45) is 0. The molecule has 1 saturated heterocycles. The van der Waals surface area contributed by atoms with Gasteiger partial charge in [0.15, 0.2) is 17.4 Å². The van der Waals surface area contributed by atoms with Gasteiger partial charge in [0.2, 0.25) is 17.6 Å². The van der Waals surface area contributed by atoms with Crippen molar-refractivity contribution < 1.29 is 28.5 Å². The first kappa shape index (κ1) is 26.4. The van der Waals surface area contributed by atoms with Crippen LogP contribution in [0.5, 0.6) is 17.2 Å². The zero-order valence-electron chi connectivity index (χ0n) is 21.3. The second-order valence-corrected chi connectivity index (χ2v) is 8.97. The molecule has 198 valence electrons. The molecule has 10 nitrogen and oxygen atoms in total. The number of nitrogens with one attached hydrogen (secondary N) is 1. The fraction of sp³-hybridized carbons (Fsp3) is 0.423. The summed E-state index contributed by atoms with van der Waals surface area (Å²) in [4.78, 5) is 35.2. The number of nitrogens with zero attached hydrogens (tertiary/aromatic N) is 3. The average Bonchev–Trinajstić information content (AvgIpc) is 2.91. The molecule has 2 aliphatic rings.